The quantitative estimate of drug-likeness (QED) is 0.494. The molecule has 94 valence electrons. The van der Waals surface area contributed by atoms with Gasteiger partial charge in [-0.15, -0.1) is 24.0 Å². The van der Waals surface area contributed by atoms with E-state index >= 15 is 0 Å². The van der Waals surface area contributed by atoms with Crippen LogP contribution >= 0.6 is 24.0 Å². The largest absolute Gasteiger partial charge is 0.370 e. The molecule has 1 aromatic heterocycles. The molecule has 0 radical (unpaired) electrons. The summed E-state index contributed by atoms with van der Waals surface area (Å²) in [6.45, 7) is 2.90. The Kier molecular flexibility index (Phi) is 5.67. The number of rotatable bonds is 4. The molecule has 3 N–H and O–H groups in total. The van der Waals surface area contributed by atoms with Gasteiger partial charge in [-0.05, 0) is 24.5 Å². The lowest BCUT2D eigenvalue weighted by Gasteiger charge is -2.03. The zero-order valence-corrected chi connectivity index (χ0v) is 12.3. The van der Waals surface area contributed by atoms with E-state index in [1.54, 1.807) is 6.20 Å². The fraction of sp³-hybridized carbons (Fsp3) is 0.500. The molecular formula is C12H19IN4. The monoisotopic (exact) mass is 346 g/mol. The van der Waals surface area contributed by atoms with Gasteiger partial charge in [0.25, 0.3) is 0 Å². The summed E-state index contributed by atoms with van der Waals surface area (Å²) in [5, 5.41) is 3.20. The Bertz CT molecular complexity index is 366. The van der Waals surface area contributed by atoms with Gasteiger partial charge >= 0.3 is 0 Å². The highest BCUT2D eigenvalue weighted by atomic mass is 127. The topological polar surface area (TPSA) is 63.3 Å². The summed E-state index contributed by atoms with van der Waals surface area (Å²) < 4.78 is 0. The number of hydrogen-bond donors (Lipinski definition) is 2. The van der Waals surface area contributed by atoms with E-state index < -0.39 is 0 Å². The van der Waals surface area contributed by atoms with E-state index in [4.69, 9.17) is 5.73 Å². The van der Waals surface area contributed by atoms with Gasteiger partial charge < -0.3 is 11.1 Å². The fourth-order valence-corrected chi connectivity index (χ4v) is 1.60. The fourth-order valence-electron chi connectivity index (χ4n) is 1.60. The molecule has 4 nitrogen and oxygen atoms in total. The molecule has 0 saturated heterocycles. The third-order valence-corrected chi connectivity index (χ3v) is 2.82. The molecule has 2 rings (SSSR count). The molecule has 1 aromatic rings. The molecule has 0 aliphatic heterocycles. The predicted octanol–water partition coefficient (Wildman–Crippen LogP) is 1.55. The molecule has 0 spiro atoms. The summed E-state index contributed by atoms with van der Waals surface area (Å²) in [5.74, 6) is 1.30. The highest BCUT2D eigenvalue weighted by Gasteiger charge is 2.32. The van der Waals surface area contributed by atoms with Crippen LogP contribution in [0.25, 0.3) is 0 Å². The molecule has 0 bridgehead atoms. The molecule has 5 heteroatoms. The van der Waals surface area contributed by atoms with Crippen molar-refractivity contribution in [2.45, 2.75) is 25.8 Å². The molecule has 0 aromatic carbocycles. The number of hydrogen-bond acceptors (Lipinski definition) is 2. The summed E-state index contributed by atoms with van der Waals surface area (Å²) >= 11 is 0. The van der Waals surface area contributed by atoms with Gasteiger partial charge in [0.2, 0.25) is 0 Å². The molecule has 1 heterocycles. The van der Waals surface area contributed by atoms with Gasteiger partial charge in [0, 0.05) is 30.9 Å². The maximum atomic E-state index is 5.76. The van der Waals surface area contributed by atoms with Crippen LogP contribution in [0.4, 0.5) is 0 Å². The van der Waals surface area contributed by atoms with Crippen molar-refractivity contribution in [2.75, 3.05) is 6.54 Å². The number of aliphatic imine (C=N–C) groups is 1. The Morgan fingerprint density at radius 2 is 2.35 bits per heavy atom. The van der Waals surface area contributed by atoms with Gasteiger partial charge in [-0.2, -0.15) is 0 Å². The van der Waals surface area contributed by atoms with E-state index in [-0.39, 0.29) is 24.0 Å². The smallest absolute Gasteiger partial charge is 0.188 e. The summed E-state index contributed by atoms with van der Waals surface area (Å²) in [5.41, 5.74) is 6.81. The standard InChI is InChI=1S/C12H18N4.HI/c1-9-8-11(9)16-12(13)15-7-5-10-4-2-3-6-14-10;/h2-4,6,9,11H,5,7-8H2,1H3,(H3,13,15,16);1H. The first-order valence-corrected chi connectivity index (χ1v) is 5.72. The van der Waals surface area contributed by atoms with Crippen LogP contribution in [0.15, 0.2) is 29.4 Å². The van der Waals surface area contributed by atoms with Crippen molar-refractivity contribution in [1.82, 2.24) is 10.3 Å². The highest BCUT2D eigenvalue weighted by Crippen LogP contribution is 2.28. The lowest BCUT2D eigenvalue weighted by atomic mass is 10.3. The Morgan fingerprint density at radius 3 is 2.94 bits per heavy atom. The minimum Gasteiger partial charge on any atom is -0.370 e. The van der Waals surface area contributed by atoms with E-state index in [9.17, 15) is 0 Å². The number of nitrogens with two attached hydrogens (primary N) is 1. The van der Waals surface area contributed by atoms with E-state index in [1.807, 2.05) is 18.2 Å². The van der Waals surface area contributed by atoms with Crippen molar-refractivity contribution in [3.63, 3.8) is 0 Å². The van der Waals surface area contributed by atoms with E-state index in [1.165, 1.54) is 6.42 Å². The lowest BCUT2D eigenvalue weighted by Crippen LogP contribution is -2.34. The Morgan fingerprint density at radius 1 is 1.59 bits per heavy atom. The van der Waals surface area contributed by atoms with Gasteiger partial charge in [0.1, 0.15) is 0 Å². The molecule has 2 atom stereocenters. The van der Waals surface area contributed by atoms with Gasteiger partial charge in [-0.1, -0.05) is 13.0 Å². The van der Waals surface area contributed by atoms with Crippen LogP contribution in [0.3, 0.4) is 0 Å². The van der Waals surface area contributed by atoms with Crippen LogP contribution in [0.2, 0.25) is 0 Å². The summed E-state index contributed by atoms with van der Waals surface area (Å²) in [6, 6.07) is 6.44. The Hall–Kier alpha value is -0.850. The zero-order chi connectivity index (χ0) is 11.4. The van der Waals surface area contributed by atoms with Gasteiger partial charge in [-0.25, -0.2) is 0 Å². The summed E-state index contributed by atoms with van der Waals surface area (Å²) in [7, 11) is 0. The van der Waals surface area contributed by atoms with Crippen LogP contribution in [0.5, 0.6) is 0 Å². The Labute approximate surface area is 119 Å². The van der Waals surface area contributed by atoms with Crippen molar-refractivity contribution in [3.8, 4) is 0 Å². The van der Waals surface area contributed by atoms with E-state index in [0.717, 1.165) is 18.0 Å². The summed E-state index contributed by atoms with van der Waals surface area (Å²) in [4.78, 5) is 8.51. The molecule has 1 saturated carbocycles. The maximum Gasteiger partial charge on any atom is 0.188 e. The third-order valence-electron chi connectivity index (χ3n) is 2.82. The van der Waals surface area contributed by atoms with Crippen molar-refractivity contribution in [3.05, 3.63) is 30.1 Å². The van der Waals surface area contributed by atoms with Gasteiger partial charge in [0.05, 0.1) is 0 Å². The zero-order valence-electron chi connectivity index (χ0n) is 9.97. The minimum atomic E-state index is 0. The van der Waals surface area contributed by atoms with Gasteiger partial charge in [0.15, 0.2) is 5.96 Å². The highest BCUT2D eigenvalue weighted by molar-refractivity contribution is 14.0. The second-order valence-corrected chi connectivity index (χ2v) is 4.30. The third kappa shape index (κ3) is 4.89. The lowest BCUT2D eigenvalue weighted by molar-refractivity contribution is 0.798. The molecule has 2 unspecified atom stereocenters. The summed E-state index contributed by atoms with van der Waals surface area (Å²) in [6.07, 6.45) is 3.84. The van der Waals surface area contributed by atoms with Crippen molar-refractivity contribution in [2.24, 2.45) is 16.6 Å². The van der Waals surface area contributed by atoms with Gasteiger partial charge in [-0.3, -0.25) is 9.98 Å². The first kappa shape index (κ1) is 14.2. The molecular weight excluding hydrogens is 327 g/mol. The molecule has 1 fully saturated rings. The number of halogens is 1. The molecule has 17 heavy (non-hydrogen) atoms. The second kappa shape index (κ2) is 6.78. The normalized spacial score (nSPS) is 22.8. The minimum absolute atomic E-state index is 0. The van der Waals surface area contributed by atoms with Crippen LogP contribution in [0, 0.1) is 5.92 Å². The first-order valence-electron chi connectivity index (χ1n) is 5.72. The average Bonchev–Trinajstić information content (AvgIpc) is 2.95. The number of nitrogens with one attached hydrogen (secondary N) is 1. The second-order valence-electron chi connectivity index (χ2n) is 4.30. The Balaban J connectivity index is 0.00000144. The maximum absolute atomic E-state index is 5.76. The SMILES string of the molecule is CC1CC1NC(N)=NCCc1ccccn1.I. The van der Waals surface area contributed by atoms with Crippen molar-refractivity contribution in [1.29, 1.82) is 0 Å². The van der Waals surface area contributed by atoms with Crippen molar-refractivity contribution >= 4 is 29.9 Å². The first-order chi connectivity index (χ1) is 7.75. The number of pyridine rings is 1. The average molecular weight is 346 g/mol. The van der Waals surface area contributed by atoms with Crippen LogP contribution in [0.1, 0.15) is 19.0 Å². The van der Waals surface area contributed by atoms with E-state index in [2.05, 4.69) is 22.2 Å². The molecule has 1 aliphatic rings. The van der Waals surface area contributed by atoms with Crippen molar-refractivity contribution < 1.29 is 0 Å². The predicted molar refractivity (Wildman–Crippen MR) is 80.6 cm³/mol. The number of nitrogens with zero attached hydrogens (tertiary/aromatic N) is 2. The van der Waals surface area contributed by atoms with Crippen LogP contribution < -0.4 is 11.1 Å². The van der Waals surface area contributed by atoms with Crippen LogP contribution in [-0.4, -0.2) is 23.5 Å². The van der Waals surface area contributed by atoms with E-state index in [0.29, 0.717) is 18.5 Å². The molecule has 0 amide bonds. The number of aromatic nitrogens is 1. The van der Waals surface area contributed by atoms with Crippen LogP contribution in [-0.2, 0) is 6.42 Å². The number of guanidine groups is 1. The molecule has 1 aliphatic carbocycles.